The topological polar surface area (TPSA) is 29.5 Å². The Labute approximate surface area is 84.4 Å². The van der Waals surface area contributed by atoms with Gasteiger partial charge in [0.2, 0.25) is 0 Å². The van der Waals surface area contributed by atoms with Gasteiger partial charge in [-0.2, -0.15) is 0 Å². The average Bonchev–Trinajstić information content (AvgIpc) is 2.23. The van der Waals surface area contributed by atoms with Crippen molar-refractivity contribution < 1.29 is 9.68 Å². The van der Waals surface area contributed by atoms with Crippen LogP contribution in [0.15, 0.2) is 41.9 Å². The van der Waals surface area contributed by atoms with E-state index < -0.39 is 7.12 Å². The average molecular weight is 188 g/mol. The second kappa shape index (κ2) is 3.99. The Morgan fingerprint density at radius 3 is 2.71 bits per heavy atom. The lowest BCUT2D eigenvalue weighted by Gasteiger charge is -2.24. The van der Waals surface area contributed by atoms with Gasteiger partial charge in [0.05, 0.1) is 6.10 Å². The van der Waals surface area contributed by atoms with Gasteiger partial charge in [-0.15, -0.1) is 0 Å². The SMILES string of the molecule is CC1=CC[C@H](c2ccccc2)OB1O. The molecule has 0 saturated carbocycles. The van der Waals surface area contributed by atoms with Gasteiger partial charge in [-0.1, -0.05) is 36.4 Å². The zero-order valence-electron chi connectivity index (χ0n) is 8.18. The highest BCUT2D eigenvalue weighted by Crippen LogP contribution is 2.27. The first-order chi connectivity index (χ1) is 6.77. The molecule has 1 N–H and O–H groups in total. The molecule has 1 heterocycles. The van der Waals surface area contributed by atoms with E-state index in [1.165, 1.54) is 0 Å². The van der Waals surface area contributed by atoms with Crippen LogP contribution in [0.5, 0.6) is 0 Å². The summed E-state index contributed by atoms with van der Waals surface area (Å²) in [6.45, 7) is 1.88. The fourth-order valence-corrected chi connectivity index (χ4v) is 1.59. The second-order valence-corrected chi connectivity index (χ2v) is 3.57. The Bertz CT molecular complexity index is 334. The minimum Gasteiger partial charge on any atom is -0.423 e. The highest BCUT2D eigenvalue weighted by Gasteiger charge is 2.26. The Morgan fingerprint density at radius 1 is 1.36 bits per heavy atom. The Morgan fingerprint density at radius 2 is 2.07 bits per heavy atom. The molecule has 0 bridgehead atoms. The summed E-state index contributed by atoms with van der Waals surface area (Å²) in [5, 5.41) is 9.52. The summed E-state index contributed by atoms with van der Waals surface area (Å²) >= 11 is 0. The third kappa shape index (κ3) is 1.89. The summed E-state index contributed by atoms with van der Waals surface area (Å²) in [6.07, 6.45) is 2.87. The first kappa shape index (κ1) is 9.50. The molecule has 1 aromatic rings. The van der Waals surface area contributed by atoms with Crippen molar-refractivity contribution in [3.8, 4) is 0 Å². The van der Waals surface area contributed by atoms with E-state index in [9.17, 15) is 5.02 Å². The van der Waals surface area contributed by atoms with E-state index in [0.717, 1.165) is 17.5 Å². The van der Waals surface area contributed by atoms with Gasteiger partial charge in [-0.05, 0) is 24.4 Å². The first-order valence-electron chi connectivity index (χ1n) is 4.82. The van der Waals surface area contributed by atoms with E-state index in [0.29, 0.717) is 0 Å². The minimum atomic E-state index is -0.742. The smallest absolute Gasteiger partial charge is 0.423 e. The van der Waals surface area contributed by atoms with E-state index in [-0.39, 0.29) is 6.10 Å². The summed E-state index contributed by atoms with van der Waals surface area (Å²) in [6, 6.07) is 9.98. The molecule has 0 saturated heterocycles. The van der Waals surface area contributed by atoms with Crippen LogP contribution in [0.2, 0.25) is 0 Å². The molecule has 0 fully saturated rings. The first-order valence-corrected chi connectivity index (χ1v) is 4.82. The molecule has 2 rings (SSSR count). The van der Waals surface area contributed by atoms with Gasteiger partial charge in [0.1, 0.15) is 0 Å². The van der Waals surface area contributed by atoms with Crippen molar-refractivity contribution in [2.75, 3.05) is 0 Å². The zero-order valence-corrected chi connectivity index (χ0v) is 8.18. The summed E-state index contributed by atoms with van der Waals surface area (Å²) < 4.78 is 5.47. The second-order valence-electron chi connectivity index (χ2n) is 3.57. The molecule has 0 amide bonds. The molecule has 3 heteroatoms. The van der Waals surface area contributed by atoms with Crippen molar-refractivity contribution in [3.05, 3.63) is 47.4 Å². The van der Waals surface area contributed by atoms with Crippen LogP contribution in [0.25, 0.3) is 0 Å². The standard InChI is InChI=1S/C11H13BO2/c1-9-7-8-11(14-12(9)13)10-5-3-2-4-6-10/h2-7,11,13H,8H2,1H3/t11-/m1/s1. The molecule has 72 valence electrons. The summed E-state index contributed by atoms with van der Waals surface area (Å²) in [4.78, 5) is 0. The maximum atomic E-state index is 9.52. The van der Waals surface area contributed by atoms with Crippen molar-refractivity contribution in [3.63, 3.8) is 0 Å². The molecule has 0 aromatic heterocycles. The molecule has 2 nitrogen and oxygen atoms in total. The van der Waals surface area contributed by atoms with E-state index in [4.69, 9.17) is 4.65 Å². The number of benzene rings is 1. The lowest BCUT2D eigenvalue weighted by Crippen LogP contribution is -2.26. The summed E-state index contributed by atoms with van der Waals surface area (Å²) in [5.41, 5.74) is 2.02. The molecule has 1 aliphatic rings. The molecule has 1 aromatic carbocycles. The van der Waals surface area contributed by atoms with Gasteiger partial charge in [-0.25, -0.2) is 0 Å². The van der Waals surface area contributed by atoms with Crippen molar-refractivity contribution in [2.45, 2.75) is 19.4 Å². The summed E-state index contributed by atoms with van der Waals surface area (Å²) in [5.74, 6) is 0. The molecule has 1 atom stereocenters. The van der Waals surface area contributed by atoms with Crippen molar-refractivity contribution >= 4 is 7.12 Å². The molecule has 0 unspecified atom stereocenters. The van der Waals surface area contributed by atoms with Crippen LogP contribution in [0.3, 0.4) is 0 Å². The van der Waals surface area contributed by atoms with Crippen LogP contribution in [0.4, 0.5) is 0 Å². The van der Waals surface area contributed by atoms with Gasteiger partial charge in [0.25, 0.3) is 0 Å². The van der Waals surface area contributed by atoms with Gasteiger partial charge in [-0.3, -0.25) is 0 Å². The van der Waals surface area contributed by atoms with E-state index in [2.05, 4.69) is 0 Å². The molecule has 1 aliphatic heterocycles. The quantitative estimate of drug-likeness (QED) is 0.684. The molecule has 0 radical (unpaired) electrons. The molecular formula is C11H13BO2. The maximum Gasteiger partial charge on any atom is 0.486 e. The fraction of sp³-hybridized carbons (Fsp3) is 0.273. The Kier molecular flexibility index (Phi) is 2.70. The predicted octanol–water partition coefficient (Wildman–Crippen LogP) is 2.11. The Hall–Kier alpha value is -1.06. The molecule has 0 spiro atoms. The van der Waals surface area contributed by atoms with Crippen LogP contribution in [0, 0.1) is 0 Å². The van der Waals surface area contributed by atoms with Crippen LogP contribution >= 0.6 is 0 Å². The zero-order chi connectivity index (χ0) is 9.97. The number of allylic oxidation sites excluding steroid dienone is 1. The van der Waals surface area contributed by atoms with E-state index in [1.54, 1.807) is 0 Å². The highest BCUT2D eigenvalue weighted by atomic mass is 16.5. The van der Waals surface area contributed by atoms with Crippen molar-refractivity contribution in [2.24, 2.45) is 0 Å². The predicted molar refractivity (Wildman–Crippen MR) is 56.6 cm³/mol. The summed E-state index contributed by atoms with van der Waals surface area (Å²) in [7, 11) is -0.742. The number of hydrogen-bond acceptors (Lipinski definition) is 2. The number of rotatable bonds is 1. The van der Waals surface area contributed by atoms with Crippen molar-refractivity contribution in [1.29, 1.82) is 0 Å². The van der Waals surface area contributed by atoms with Crippen LogP contribution < -0.4 is 0 Å². The maximum absolute atomic E-state index is 9.52. The molecule has 14 heavy (non-hydrogen) atoms. The van der Waals surface area contributed by atoms with Crippen LogP contribution in [-0.4, -0.2) is 12.1 Å². The van der Waals surface area contributed by atoms with E-state index in [1.807, 2.05) is 43.3 Å². The largest absolute Gasteiger partial charge is 0.486 e. The lowest BCUT2D eigenvalue weighted by molar-refractivity contribution is 0.168. The molecule has 0 aliphatic carbocycles. The van der Waals surface area contributed by atoms with Gasteiger partial charge in [0, 0.05) is 0 Å². The normalized spacial score (nSPS) is 22.0. The van der Waals surface area contributed by atoms with Crippen molar-refractivity contribution in [1.82, 2.24) is 0 Å². The van der Waals surface area contributed by atoms with Crippen LogP contribution in [-0.2, 0) is 4.65 Å². The third-order valence-electron chi connectivity index (χ3n) is 2.51. The van der Waals surface area contributed by atoms with Gasteiger partial charge in [0.15, 0.2) is 0 Å². The lowest BCUT2D eigenvalue weighted by atomic mass is 9.76. The van der Waals surface area contributed by atoms with Gasteiger partial charge < -0.3 is 9.68 Å². The minimum absolute atomic E-state index is 0.00472. The molecular weight excluding hydrogens is 175 g/mol. The number of hydrogen-bond donors (Lipinski definition) is 1. The highest BCUT2D eigenvalue weighted by molar-refractivity contribution is 6.52. The third-order valence-corrected chi connectivity index (χ3v) is 2.51. The van der Waals surface area contributed by atoms with Crippen LogP contribution in [0.1, 0.15) is 25.0 Å². The Balaban J connectivity index is 2.16. The monoisotopic (exact) mass is 188 g/mol. The fourth-order valence-electron chi connectivity index (χ4n) is 1.59. The van der Waals surface area contributed by atoms with Gasteiger partial charge >= 0.3 is 7.12 Å². The van der Waals surface area contributed by atoms with E-state index >= 15 is 0 Å².